The smallest absolute Gasteiger partial charge is 0.226 e. The predicted molar refractivity (Wildman–Crippen MR) is 76.9 cm³/mol. The zero-order valence-electron chi connectivity index (χ0n) is 11.9. The van der Waals surface area contributed by atoms with Crippen LogP contribution in [0.4, 0.5) is 0 Å². The normalized spacial score (nSPS) is 18.7. The van der Waals surface area contributed by atoms with Gasteiger partial charge in [-0.3, -0.25) is 4.79 Å². The summed E-state index contributed by atoms with van der Waals surface area (Å²) >= 11 is 0. The standard InChI is InChI=1S/C15H22N2O3/c1-19-13-6-2-3-7-14(13)20-10-8-15(18)17-9-4-5-12(16)11-17/h2-3,6-7,12H,4-5,8-11,16H2,1H3. The van der Waals surface area contributed by atoms with Gasteiger partial charge in [0.1, 0.15) is 0 Å². The molecule has 1 aliphatic heterocycles. The number of piperidine rings is 1. The monoisotopic (exact) mass is 278 g/mol. The van der Waals surface area contributed by atoms with E-state index >= 15 is 0 Å². The zero-order chi connectivity index (χ0) is 14.4. The fraction of sp³-hybridized carbons (Fsp3) is 0.533. The highest BCUT2D eigenvalue weighted by molar-refractivity contribution is 5.76. The van der Waals surface area contributed by atoms with Gasteiger partial charge in [-0.15, -0.1) is 0 Å². The molecule has 110 valence electrons. The van der Waals surface area contributed by atoms with E-state index in [1.165, 1.54) is 0 Å². The molecule has 1 atom stereocenters. The highest BCUT2D eigenvalue weighted by atomic mass is 16.5. The highest BCUT2D eigenvalue weighted by Gasteiger charge is 2.20. The number of benzene rings is 1. The Hall–Kier alpha value is -1.75. The minimum absolute atomic E-state index is 0.107. The number of hydrogen-bond donors (Lipinski definition) is 1. The maximum absolute atomic E-state index is 12.0. The topological polar surface area (TPSA) is 64.8 Å². The number of para-hydroxylation sites is 2. The van der Waals surface area contributed by atoms with Gasteiger partial charge in [0.2, 0.25) is 5.91 Å². The van der Waals surface area contributed by atoms with Gasteiger partial charge in [0.15, 0.2) is 11.5 Å². The van der Waals surface area contributed by atoms with E-state index in [9.17, 15) is 4.79 Å². The summed E-state index contributed by atoms with van der Waals surface area (Å²) in [5.74, 6) is 1.45. The Bertz CT molecular complexity index is 450. The van der Waals surface area contributed by atoms with Crippen molar-refractivity contribution in [3.63, 3.8) is 0 Å². The van der Waals surface area contributed by atoms with Crippen molar-refractivity contribution in [2.45, 2.75) is 25.3 Å². The molecule has 0 bridgehead atoms. The van der Waals surface area contributed by atoms with Crippen LogP contribution >= 0.6 is 0 Å². The van der Waals surface area contributed by atoms with Gasteiger partial charge in [0, 0.05) is 19.1 Å². The van der Waals surface area contributed by atoms with Crippen molar-refractivity contribution < 1.29 is 14.3 Å². The molecule has 1 aromatic rings. The lowest BCUT2D eigenvalue weighted by Gasteiger charge is -2.30. The van der Waals surface area contributed by atoms with Crippen molar-refractivity contribution in [2.75, 3.05) is 26.8 Å². The molecule has 5 heteroatoms. The van der Waals surface area contributed by atoms with Crippen LogP contribution in [0.5, 0.6) is 11.5 Å². The van der Waals surface area contributed by atoms with Gasteiger partial charge in [-0.1, -0.05) is 12.1 Å². The summed E-state index contributed by atoms with van der Waals surface area (Å²) in [5.41, 5.74) is 5.88. The molecular formula is C15H22N2O3. The first-order chi connectivity index (χ1) is 9.70. The molecule has 5 nitrogen and oxygen atoms in total. The molecule has 2 N–H and O–H groups in total. The van der Waals surface area contributed by atoms with E-state index in [0.717, 1.165) is 19.4 Å². The highest BCUT2D eigenvalue weighted by Crippen LogP contribution is 2.25. The number of amides is 1. The lowest BCUT2D eigenvalue weighted by Crippen LogP contribution is -2.46. The van der Waals surface area contributed by atoms with Crippen molar-refractivity contribution in [1.29, 1.82) is 0 Å². The number of carbonyl (C=O) groups is 1. The van der Waals surface area contributed by atoms with Crippen molar-refractivity contribution >= 4 is 5.91 Å². The predicted octanol–water partition coefficient (Wildman–Crippen LogP) is 1.41. The van der Waals surface area contributed by atoms with Gasteiger partial charge < -0.3 is 20.1 Å². The van der Waals surface area contributed by atoms with Gasteiger partial charge >= 0.3 is 0 Å². The van der Waals surface area contributed by atoms with Crippen molar-refractivity contribution in [1.82, 2.24) is 4.90 Å². The molecule has 1 aliphatic rings. The second-order valence-corrected chi connectivity index (χ2v) is 4.99. The third kappa shape index (κ3) is 3.87. The van der Waals surface area contributed by atoms with Crippen LogP contribution in [0.25, 0.3) is 0 Å². The minimum Gasteiger partial charge on any atom is -0.493 e. The van der Waals surface area contributed by atoms with Crippen LogP contribution in [0.1, 0.15) is 19.3 Å². The molecule has 1 aromatic carbocycles. The first kappa shape index (κ1) is 14.7. The van der Waals surface area contributed by atoms with E-state index in [1.54, 1.807) is 7.11 Å². The number of rotatable bonds is 5. The van der Waals surface area contributed by atoms with Gasteiger partial charge in [0.05, 0.1) is 20.1 Å². The van der Waals surface area contributed by atoms with Crippen LogP contribution in [0.2, 0.25) is 0 Å². The molecule has 1 heterocycles. The molecular weight excluding hydrogens is 256 g/mol. The molecule has 20 heavy (non-hydrogen) atoms. The molecule has 1 amide bonds. The maximum atomic E-state index is 12.0. The number of nitrogens with two attached hydrogens (primary N) is 1. The number of nitrogens with zero attached hydrogens (tertiary/aromatic N) is 1. The van der Waals surface area contributed by atoms with Crippen LogP contribution in [0.15, 0.2) is 24.3 Å². The molecule has 1 fully saturated rings. The number of likely N-dealkylation sites (tertiary alicyclic amines) is 1. The fourth-order valence-corrected chi connectivity index (χ4v) is 2.38. The molecule has 0 aliphatic carbocycles. The Morgan fingerprint density at radius 2 is 2.15 bits per heavy atom. The number of carbonyl (C=O) groups excluding carboxylic acids is 1. The second-order valence-electron chi connectivity index (χ2n) is 4.99. The van der Waals surface area contributed by atoms with Crippen LogP contribution in [0.3, 0.4) is 0 Å². The average Bonchev–Trinajstić information content (AvgIpc) is 2.47. The first-order valence-corrected chi connectivity index (χ1v) is 7.00. The van der Waals surface area contributed by atoms with E-state index in [0.29, 0.717) is 31.1 Å². The van der Waals surface area contributed by atoms with E-state index in [-0.39, 0.29) is 11.9 Å². The summed E-state index contributed by atoms with van der Waals surface area (Å²) in [7, 11) is 1.60. The van der Waals surface area contributed by atoms with Gasteiger partial charge in [-0.05, 0) is 25.0 Å². The molecule has 0 saturated carbocycles. The van der Waals surface area contributed by atoms with Crippen molar-refractivity contribution in [3.8, 4) is 11.5 Å². The average molecular weight is 278 g/mol. The summed E-state index contributed by atoms with van der Waals surface area (Å²) in [4.78, 5) is 13.9. The largest absolute Gasteiger partial charge is 0.493 e. The third-order valence-corrected chi connectivity index (χ3v) is 3.45. The van der Waals surface area contributed by atoms with E-state index < -0.39 is 0 Å². The third-order valence-electron chi connectivity index (χ3n) is 3.45. The summed E-state index contributed by atoms with van der Waals surface area (Å²) in [6.07, 6.45) is 2.35. The minimum atomic E-state index is 0.107. The van der Waals surface area contributed by atoms with Crippen LogP contribution in [-0.2, 0) is 4.79 Å². The van der Waals surface area contributed by atoms with Gasteiger partial charge in [-0.25, -0.2) is 0 Å². The van der Waals surface area contributed by atoms with Crippen LogP contribution in [-0.4, -0.2) is 43.7 Å². The van der Waals surface area contributed by atoms with Crippen molar-refractivity contribution in [2.24, 2.45) is 5.73 Å². The van der Waals surface area contributed by atoms with Crippen LogP contribution in [0, 0.1) is 0 Å². The Kier molecular flexibility index (Phi) is 5.24. The molecule has 0 spiro atoms. The Morgan fingerprint density at radius 1 is 1.40 bits per heavy atom. The SMILES string of the molecule is COc1ccccc1OCCC(=O)N1CCCC(N)C1. The van der Waals surface area contributed by atoms with E-state index in [1.807, 2.05) is 29.2 Å². The molecule has 0 aromatic heterocycles. The second kappa shape index (κ2) is 7.14. The van der Waals surface area contributed by atoms with Crippen molar-refractivity contribution in [3.05, 3.63) is 24.3 Å². The summed E-state index contributed by atoms with van der Waals surface area (Å²) in [6, 6.07) is 7.54. The number of hydrogen-bond acceptors (Lipinski definition) is 4. The molecule has 0 radical (unpaired) electrons. The van der Waals surface area contributed by atoms with E-state index in [2.05, 4.69) is 0 Å². The van der Waals surface area contributed by atoms with E-state index in [4.69, 9.17) is 15.2 Å². The zero-order valence-corrected chi connectivity index (χ0v) is 11.9. The van der Waals surface area contributed by atoms with Crippen LogP contribution < -0.4 is 15.2 Å². The Morgan fingerprint density at radius 3 is 2.85 bits per heavy atom. The summed E-state index contributed by atoms with van der Waals surface area (Å²) in [5, 5.41) is 0. The Balaban J connectivity index is 1.79. The first-order valence-electron chi connectivity index (χ1n) is 7.00. The maximum Gasteiger partial charge on any atom is 0.226 e. The number of methoxy groups -OCH3 is 1. The van der Waals surface area contributed by atoms with Gasteiger partial charge in [-0.2, -0.15) is 0 Å². The summed E-state index contributed by atoms with van der Waals surface area (Å²) in [6.45, 7) is 1.82. The lowest BCUT2D eigenvalue weighted by atomic mass is 10.1. The number of ether oxygens (including phenoxy) is 2. The molecule has 1 saturated heterocycles. The lowest BCUT2D eigenvalue weighted by molar-refractivity contribution is -0.132. The molecule has 1 unspecified atom stereocenters. The Labute approximate surface area is 119 Å². The van der Waals surface area contributed by atoms with Gasteiger partial charge in [0.25, 0.3) is 0 Å². The molecule has 2 rings (SSSR count). The summed E-state index contributed by atoms with van der Waals surface area (Å²) < 4.78 is 10.8. The fourth-order valence-electron chi connectivity index (χ4n) is 2.38. The quantitative estimate of drug-likeness (QED) is 0.884.